The molecule has 0 radical (unpaired) electrons. The van der Waals surface area contributed by atoms with E-state index in [1.807, 2.05) is 24.3 Å². The summed E-state index contributed by atoms with van der Waals surface area (Å²) >= 11 is 3.42. The lowest BCUT2D eigenvalue weighted by molar-refractivity contribution is 0.286. The topological polar surface area (TPSA) is 79.5 Å². The Balaban J connectivity index is 1.64. The Morgan fingerprint density at radius 3 is 2.66 bits per heavy atom. The molecule has 3 rings (SSSR count). The van der Waals surface area contributed by atoms with Crippen molar-refractivity contribution in [2.75, 3.05) is 31.9 Å². The zero-order chi connectivity index (χ0) is 20.9. The Bertz CT molecular complexity index is 881. The van der Waals surface area contributed by atoms with Gasteiger partial charge < -0.3 is 9.42 Å². The van der Waals surface area contributed by atoms with E-state index in [0.29, 0.717) is 31.1 Å². The van der Waals surface area contributed by atoms with E-state index >= 15 is 0 Å². The molecule has 1 aliphatic rings. The second kappa shape index (κ2) is 10.1. The van der Waals surface area contributed by atoms with E-state index in [1.165, 1.54) is 0 Å². The smallest absolute Gasteiger partial charge is 0.245 e. The molecule has 1 aliphatic heterocycles. The predicted molar refractivity (Wildman–Crippen MR) is 116 cm³/mol. The number of benzene rings is 1. The van der Waals surface area contributed by atoms with Gasteiger partial charge in [0.15, 0.2) is 5.82 Å². The fourth-order valence-corrected chi connectivity index (χ4v) is 5.69. The molecule has 1 fully saturated rings. The monoisotopic (exact) mass is 484 g/mol. The highest BCUT2D eigenvalue weighted by Crippen LogP contribution is 2.33. The van der Waals surface area contributed by atoms with Crippen LogP contribution in [0.3, 0.4) is 0 Å². The minimum absolute atomic E-state index is 0.153. The molecule has 160 valence electrons. The summed E-state index contributed by atoms with van der Waals surface area (Å²) in [5.74, 6) is 1.13. The van der Waals surface area contributed by atoms with Gasteiger partial charge in [0.05, 0.1) is 5.75 Å². The average Bonchev–Trinajstić information content (AvgIpc) is 3.36. The molecular formula is C20H29BrN4O3S. The quantitative estimate of drug-likeness (QED) is 0.512. The van der Waals surface area contributed by atoms with Crippen molar-refractivity contribution >= 4 is 26.0 Å². The van der Waals surface area contributed by atoms with Crippen LogP contribution in [-0.2, 0) is 16.4 Å². The number of halogens is 1. The molecule has 29 heavy (non-hydrogen) atoms. The number of hydrogen-bond acceptors (Lipinski definition) is 6. The molecule has 2 aromatic rings. The summed E-state index contributed by atoms with van der Waals surface area (Å²) in [6.45, 7) is 7.37. The third-order valence-electron chi connectivity index (χ3n) is 5.38. The lowest BCUT2D eigenvalue weighted by atomic mass is 10.1. The Labute approximate surface area is 181 Å². The van der Waals surface area contributed by atoms with Crippen molar-refractivity contribution in [3.63, 3.8) is 0 Å². The molecule has 1 saturated heterocycles. The zero-order valence-corrected chi connectivity index (χ0v) is 19.5. The number of nitrogens with zero attached hydrogens (tertiary/aromatic N) is 4. The maximum Gasteiger partial charge on any atom is 0.245 e. The van der Waals surface area contributed by atoms with E-state index in [9.17, 15) is 8.42 Å². The van der Waals surface area contributed by atoms with Gasteiger partial charge in [-0.2, -0.15) is 9.29 Å². The van der Waals surface area contributed by atoms with Gasteiger partial charge in [0, 0.05) is 17.4 Å². The van der Waals surface area contributed by atoms with Gasteiger partial charge in [0.25, 0.3) is 0 Å². The fraction of sp³-hybridized carbons (Fsp3) is 0.600. The van der Waals surface area contributed by atoms with Crippen LogP contribution in [0.1, 0.15) is 56.4 Å². The molecule has 0 bridgehead atoms. The molecule has 1 aromatic heterocycles. The van der Waals surface area contributed by atoms with E-state index in [2.05, 4.69) is 44.8 Å². The Morgan fingerprint density at radius 2 is 1.97 bits per heavy atom. The van der Waals surface area contributed by atoms with Gasteiger partial charge in [-0.1, -0.05) is 47.1 Å². The molecule has 9 heteroatoms. The first kappa shape index (κ1) is 22.4. The summed E-state index contributed by atoms with van der Waals surface area (Å²) in [6, 6.07) is 7.60. The standard InChI is InChI=1S/C20H29BrN4O3S/c1-3-24(4-2)12-6-14-29(26,27)25-13-5-7-18(25)20-22-19(23-28-20)15-16-8-10-17(21)11-9-16/h8-11,18H,3-7,12-15H2,1-2H3. The molecule has 0 saturated carbocycles. The number of sulfonamides is 1. The average molecular weight is 485 g/mol. The largest absolute Gasteiger partial charge is 0.338 e. The highest BCUT2D eigenvalue weighted by Gasteiger charge is 2.38. The third kappa shape index (κ3) is 5.87. The number of hydrogen-bond donors (Lipinski definition) is 0. The molecule has 1 aromatic carbocycles. The van der Waals surface area contributed by atoms with Crippen LogP contribution in [0, 0.1) is 0 Å². The Kier molecular flexibility index (Phi) is 7.84. The van der Waals surface area contributed by atoms with Crippen molar-refractivity contribution in [1.82, 2.24) is 19.3 Å². The predicted octanol–water partition coefficient (Wildman–Crippen LogP) is 3.62. The highest BCUT2D eigenvalue weighted by atomic mass is 79.9. The number of aromatic nitrogens is 2. The first-order valence-corrected chi connectivity index (χ1v) is 12.6. The minimum Gasteiger partial charge on any atom is -0.338 e. The van der Waals surface area contributed by atoms with Gasteiger partial charge in [-0.25, -0.2) is 8.42 Å². The molecule has 2 heterocycles. The molecule has 0 amide bonds. The van der Waals surface area contributed by atoms with E-state index in [-0.39, 0.29) is 11.8 Å². The normalized spacial score (nSPS) is 18.0. The summed E-state index contributed by atoms with van der Waals surface area (Å²) in [5, 5.41) is 4.08. The van der Waals surface area contributed by atoms with Crippen LogP contribution in [0.15, 0.2) is 33.3 Å². The van der Waals surface area contributed by atoms with Gasteiger partial charge in [0.2, 0.25) is 15.9 Å². The first-order chi connectivity index (χ1) is 13.9. The highest BCUT2D eigenvalue weighted by molar-refractivity contribution is 9.10. The van der Waals surface area contributed by atoms with Crippen molar-refractivity contribution in [2.45, 2.75) is 45.6 Å². The maximum atomic E-state index is 12.9. The summed E-state index contributed by atoms with van der Waals surface area (Å²) in [4.78, 5) is 6.74. The van der Waals surface area contributed by atoms with Crippen LogP contribution in [-0.4, -0.2) is 59.7 Å². The van der Waals surface area contributed by atoms with Crippen molar-refractivity contribution in [3.8, 4) is 0 Å². The number of rotatable bonds is 10. The lowest BCUT2D eigenvalue weighted by Crippen LogP contribution is -2.34. The van der Waals surface area contributed by atoms with Gasteiger partial charge in [-0.05, 0) is 56.6 Å². The molecule has 7 nitrogen and oxygen atoms in total. The summed E-state index contributed by atoms with van der Waals surface area (Å²) in [5.41, 5.74) is 1.08. The van der Waals surface area contributed by atoms with E-state index in [0.717, 1.165) is 42.5 Å². The van der Waals surface area contributed by atoms with Crippen LogP contribution in [0.5, 0.6) is 0 Å². The van der Waals surface area contributed by atoms with Crippen molar-refractivity contribution in [1.29, 1.82) is 0 Å². The second-order valence-electron chi connectivity index (χ2n) is 7.32. The molecule has 1 atom stereocenters. The molecule has 0 aliphatic carbocycles. The molecule has 0 N–H and O–H groups in total. The van der Waals surface area contributed by atoms with Gasteiger partial charge >= 0.3 is 0 Å². The fourth-order valence-electron chi connectivity index (χ4n) is 3.71. The van der Waals surface area contributed by atoms with Crippen LogP contribution >= 0.6 is 15.9 Å². The molecule has 1 unspecified atom stereocenters. The van der Waals surface area contributed by atoms with Crippen LogP contribution in [0.2, 0.25) is 0 Å². The SMILES string of the molecule is CCN(CC)CCCS(=O)(=O)N1CCCC1c1nc(Cc2ccc(Br)cc2)no1. The van der Waals surface area contributed by atoms with Gasteiger partial charge in [0.1, 0.15) is 6.04 Å². The summed E-state index contributed by atoms with van der Waals surface area (Å²) < 4.78 is 33.9. The summed E-state index contributed by atoms with van der Waals surface area (Å²) in [7, 11) is -3.35. The van der Waals surface area contributed by atoms with Gasteiger partial charge in [-0.15, -0.1) is 0 Å². The first-order valence-electron chi connectivity index (χ1n) is 10.2. The molecular weight excluding hydrogens is 456 g/mol. The van der Waals surface area contributed by atoms with E-state index in [1.54, 1.807) is 4.31 Å². The zero-order valence-electron chi connectivity index (χ0n) is 17.1. The van der Waals surface area contributed by atoms with Crippen LogP contribution < -0.4 is 0 Å². The molecule has 0 spiro atoms. The van der Waals surface area contributed by atoms with Crippen LogP contribution in [0.4, 0.5) is 0 Å². The third-order valence-corrected chi connectivity index (χ3v) is 7.86. The van der Waals surface area contributed by atoms with E-state index < -0.39 is 10.0 Å². The van der Waals surface area contributed by atoms with E-state index in [4.69, 9.17) is 4.52 Å². The summed E-state index contributed by atoms with van der Waals surface area (Å²) in [6.07, 6.45) is 2.71. The van der Waals surface area contributed by atoms with Crippen molar-refractivity contribution in [3.05, 3.63) is 46.0 Å². The maximum absolute atomic E-state index is 12.9. The Hall–Kier alpha value is -1.29. The van der Waals surface area contributed by atoms with Crippen molar-refractivity contribution in [2.24, 2.45) is 0 Å². The van der Waals surface area contributed by atoms with Crippen LogP contribution in [0.25, 0.3) is 0 Å². The van der Waals surface area contributed by atoms with Gasteiger partial charge in [-0.3, -0.25) is 0 Å². The second-order valence-corrected chi connectivity index (χ2v) is 10.3. The lowest BCUT2D eigenvalue weighted by Gasteiger charge is -2.22. The minimum atomic E-state index is -3.35. The Morgan fingerprint density at radius 1 is 1.24 bits per heavy atom. The van der Waals surface area contributed by atoms with Crippen molar-refractivity contribution < 1.29 is 12.9 Å².